The highest BCUT2D eigenvalue weighted by Crippen LogP contribution is 2.36. The number of ether oxygens (including phenoxy) is 1. The van der Waals surface area contributed by atoms with Crippen molar-refractivity contribution < 1.29 is 24.2 Å². The van der Waals surface area contributed by atoms with E-state index in [1.807, 2.05) is 24.3 Å². The van der Waals surface area contributed by atoms with Crippen molar-refractivity contribution in [2.24, 2.45) is 0 Å². The summed E-state index contributed by atoms with van der Waals surface area (Å²) < 4.78 is 20.0. The van der Waals surface area contributed by atoms with Gasteiger partial charge >= 0.3 is 0 Å². The van der Waals surface area contributed by atoms with E-state index in [1.54, 1.807) is 0 Å². The first kappa shape index (κ1) is 17.5. The Bertz CT molecular complexity index is 832. The Kier molecular flexibility index (Phi) is 4.56. The number of carbonyl (C=O) groups excluding carboxylic acids is 1. The van der Waals surface area contributed by atoms with Crippen molar-refractivity contribution in [3.05, 3.63) is 42.2 Å². The Morgan fingerprint density at radius 2 is 1.78 bits per heavy atom. The summed E-state index contributed by atoms with van der Waals surface area (Å²) in [5.41, 5.74) is 4.10. The van der Waals surface area contributed by atoms with Gasteiger partial charge in [-0.3, -0.25) is 10.0 Å². The largest absolute Gasteiger partial charge is 0.506 e. The topological polar surface area (TPSA) is 88.5 Å². The maximum atomic E-state index is 14.6. The number of carbonyl (C=O) groups is 1. The molecule has 2 aliphatic heterocycles. The number of nitrogens with one attached hydrogen (secondary N) is 1. The van der Waals surface area contributed by atoms with Crippen LogP contribution in [0.2, 0.25) is 0 Å². The molecule has 27 heavy (non-hydrogen) atoms. The van der Waals surface area contributed by atoms with Crippen LogP contribution >= 0.6 is 0 Å². The van der Waals surface area contributed by atoms with E-state index in [9.17, 15) is 19.5 Å². The van der Waals surface area contributed by atoms with Crippen LogP contribution in [0.15, 0.2) is 36.4 Å². The highest BCUT2D eigenvalue weighted by Gasteiger charge is 2.31. The first-order valence-corrected chi connectivity index (χ1v) is 8.54. The molecular formula is C18H19FN4O4. The van der Waals surface area contributed by atoms with E-state index in [2.05, 4.69) is 10.3 Å². The zero-order chi connectivity index (χ0) is 19.0. The van der Waals surface area contributed by atoms with Gasteiger partial charge in [-0.2, -0.15) is 0 Å². The van der Waals surface area contributed by atoms with Gasteiger partial charge in [0.1, 0.15) is 18.0 Å². The summed E-state index contributed by atoms with van der Waals surface area (Å²) in [4.78, 5) is 13.6. The number of hydrogen-bond acceptors (Lipinski definition) is 7. The molecule has 4 rings (SSSR count). The zero-order valence-corrected chi connectivity index (χ0v) is 14.4. The van der Waals surface area contributed by atoms with E-state index >= 15 is 0 Å². The molecule has 0 atom stereocenters. The summed E-state index contributed by atoms with van der Waals surface area (Å²) in [6.45, 7) is 2.73. The average molecular weight is 374 g/mol. The fraction of sp³-hybridized carbons (Fsp3) is 0.278. The maximum Gasteiger partial charge on any atom is 0.258 e. The van der Waals surface area contributed by atoms with Gasteiger partial charge < -0.3 is 14.7 Å². The van der Waals surface area contributed by atoms with Gasteiger partial charge in [-0.15, -0.1) is 0 Å². The van der Waals surface area contributed by atoms with Crippen LogP contribution in [0.5, 0.6) is 5.75 Å². The van der Waals surface area contributed by atoms with E-state index in [4.69, 9.17) is 4.74 Å². The number of phenols is 1. The van der Waals surface area contributed by atoms with E-state index < -0.39 is 11.7 Å². The fourth-order valence-electron chi connectivity index (χ4n) is 3.28. The third kappa shape index (κ3) is 3.39. The minimum absolute atomic E-state index is 0.274. The van der Waals surface area contributed by atoms with Gasteiger partial charge in [0.05, 0.1) is 13.2 Å². The van der Waals surface area contributed by atoms with Gasteiger partial charge in [0.25, 0.3) is 5.91 Å². The van der Waals surface area contributed by atoms with Crippen LogP contribution in [0.25, 0.3) is 11.1 Å². The summed E-state index contributed by atoms with van der Waals surface area (Å²) in [5, 5.41) is 21.2. The Morgan fingerprint density at radius 1 is 1.07 bits per heavy atom. The van der Waals surface area contributed by atoms with Crippen molar-refractivity contribution in [1.82, 2.24) is 10.7 Å². The normalized spacial score (nSPS) is 18.1. The molecule has 2 aliphatic rings. The Labute approximate surface area is 154 Å². The smallest absolute Gasteiger partial charge is 0.258 e. The van der Waals surface area contributed by atoms with Crippen molar-refractivity contribution in [1.29, 1.82) is 0 Å². The highest BCUT2D eigenvalue weighted by atomic mass is 19.1. The lowest BCUT2D eigenvalue weighted by Gasteiger charge is -2.29. The van der Waals surface area contributed by atoms with Gasteiger partial charge in [-0.25, -0.2) is 14.8 Å². The quantitative estimate of drug-likeness (QED) is 0.750. The molecule has 2 saturated heterocycles. The molecule has 2 heterocycles. The summed E-state index contributed by atoms with van der Waals surface area (Å²) in [7, 11) is 0. The minimum Gasteiger partial charge on any atom is -0.506 e. The number of nitrogens with zero attached hydrogens (tertiary/aromatic N) is 3. The van der Waals surface area contributed by atoms with Gasteiger partial charge in [0.15, 0.2) is 5.82 Å². The van der Waals surface area contributed by atoms with Crippen LogP contribution < -0.4 is 15.3 Å². The second-order valence-electron chi connectivity index (χ2n) is 6.35. The first-order valence-electron chi connectivity index (χ1n) is 8.54. The number of aromatic hydroxyl groups is 1. The Hall–Kier alpha value is -2.88. The van der Waals surface area contributed by atoms with E-state index in [0.29, 0.717) is 24.1 Å². The summed E-state index contributed by atoms with van der Waals surface area (Å²) in [5.74, 6) is -1.64. The predicted octanol–water partition coefficient (Wildman–Crippen LogP) is 1.49. The molecule has 0 aliphatic carbocycles. The second-order valence-corrected chi connectivity index (χ2v) is 6.35. The van der Waals surface area contributed by atoms with Gasteiger partial charge in [-0.1, -0.05) is 12.1 Å². The number of hydrogen-bond donors (Lipinski definition) is 3. The molecule has 2 aromatic rings. The number of morpholine rings is 1. The predicted molar refractivity (Wildman–Crippen MR) is 95.6 cm³/mol. The second kappa shape index (κ2) is 7.03. The lowest BCUT2D eigenvalue weighted by molar-refractivity contribution is -0.144. The van der Waals surface area contributed by atoms with Crippen LogP contribution in [0, 0.1) is 5.82 Å². The fourth-order valence-corrected chi connectivity index (χ4v) is 3.28. The molecule has 142 valence electrons. The van der Waals surface area contributed by atoms with Crippen molar-refractivity contribution in [3.8, 4) is 16.9 Å². The molecule has 0 bridgehead atoms. The van der Waals surface area contributed by atoms with Gasteiger partial charge in [-0.05, 0) is 40.7 Å². The molecule has 0 spiro atoms. The molecule has 8 nitrogen and oxygen atoms in total. The highest BCUT2D eigenvalue weighted by molar-refractivity contribution is 5.84. The number of halogens is 1. The van der Waals surface area contributed by atoms with E-state index in [0.717, 1.165) is 29.3 Å². The molecule has 0 radical (unpaired) electrons. The minimum atomic E-state index is -0.752. The van der Waals surface area contributed by atoms with Crippen molar-refractivity contribution >= 4 is 17.3 Å². The van der Waals surface area contributed by atoms with Crippen molar-refractivity contribution in [2.75, 3.05) is 42.8 Å². The number of benzene rings is 2. The maximum absolute atomic E-state index is 14.6. The van der Waals surface area contributed by atoms with Crippen LogP contribution in [-0.4, -0.2) is 54.4 Å². The van der Waals surface area contributed by atoms with Crippen LogP contribution in [0.4, 0.5) is 15.8 Å². The van der Waals surface area contributed by atoms with Crippen LogP contribution in [0.3, 0.4) is 0 Å². The molecule has 0 saturated carbocycles. The number of rotatable bonds is 3. The Morgan fingerprint density at radius 3 is 2.37 bits per heavy atom. The summed E-state index contributed by atoms with van der Waals surface area (Å²) in [6.07, 6.45) is 0. The Balaban J connectivity index is 1.60. The van der Waals surface area contributed by atoms with E-state index in [1.165, 1.54) is 12.1 Å². The van der Waals surface area contributed by atoms with Crippen molar-refractivity contribution in [2.45, 2.75) is 0 Å². The SMILES string of the molecule is O=C1CN(c2c(O)cc(-c3ccc(N4CCOCC4)cc3)cc2F)N(O)N1. The lowest BCUT2D eigenvalue weighted by Crippen LogP contribution is -2.39. The first-order chi connectivity index (χ1) is 13.0. The molecule has 2 fully saturated rings. The van der Waals surface area contributed by atoms with Gasteiger partial charge in [0.2, 0.25) is 0 Å². The zero-order valence-electron chi connectivity index (χ0n) is 14.4. The third-order valence-electron chi connectivity index (χ3n) is 4.63. The van der Waals surface area contributed by atoms with Crippen molar-refractivity contribution in [3.63, 3.8) is 0 Å². The monoisotopic (exact) mass is 374 g/mol. The average Bonchev–Trinajstić information content (AvgIpc) is 3.00. The van der Waals surface area contributed by atoms with E-state index in [-0.39, 0.29) is 18.0 Å². The van der Waals surface area contributed by atoms with Crippen LogP contribution in [0.1, 0.15) is 0 Å². The summed E-state index contributed by atoms with van der Waals surface area (Å²) in [6, 6.07) is 10.3. The molecule has 0 unspecified atom stereocenters. The molecular weight excluding hydrogens is 355 g/mol. The number of phenolic OH excluding ortho intramolecular Hbond substituents is 1. The number of anilines is 2. The molecule has 3 N–H and O–H groups in total. The molecule has 0 aromatic heterocycles. The molecule has 1 amide bonds. The molecule has 2 aromatic carbocycles. The number of amides is 1. The number of hydrazine groups is 2. The molecule has 9 heteroatoms. The van der Waals surface area contributed by atoms with Gasteiger partial charge in [0, 0.05) is 18.8 Å². The van der Waals surface area contributed by atoms with Crippen LogP contribution in [-0.2, 0) is 9.53 Å². The standard InChI is InChI=1S/C18H19FN4O4/c19-15-9-13(10-16(24)18(15)22-11-17(25)20-23(22)26)12-1-3-14(4-2-12)21-5-7-27-8-6-21/h1-4,9-10,24,26H,5-8,11H2,(H,20,25). The lowest BCUT2D eigenvalue weighted by atomic mass is 10.0. The third-order valence-corrected chi connectivity index (χ3v) is 4.63. The summed E-state index contributed by atoms with van der Waals surface area (Å²) >= 11 is 0.